The van der Waals surface area contributed by atoms with Crippen LogP contribution >= 0.6 is 0 Å². The zero-order valence-corrected chi connectivity index (χ0v) is 13.1. The highest BCUT2D eigenvalue weighted by Crippen LogP contribution is 2.24. The molecule has 25 heavy (non-hydrogen) atoms. The van der Waals surface area contributed by atoms with E-state index in [1.165, 1.54) is 23.1 Å². The van der Waals surface area contributed by atoms with E-state index < -0.39 is 28.3 Å². The lowest BCUT2D eigenvalue weighted by atomic mass is 9.96. The number of nitrogens with one attached hydrogen (secondary N) is 1. The molecule has 9 nitrogen and oxygen atoms in total. The number of aromatic nitrogens is 1. The van der Waals surface area contributed by atoms with Gasteiger partial charge < -0.3 is 15.0 Å². The number of nitro groups is 1. The highest BCUT2D eigenvalue weighted by Gasteiger charge is 2.28. The number of non-ortho nitro benzene ring substituents is 1. The molecule has 0 bridgehead atoms. The number of likely N-dealkylation sites (tertiary alicyclic amines) is 1. The second-order valence-electron chi connectivity index (χ2n) is 5.94. The van der Waals surface area contributed by atoms with E-state index in [4.69, 9.17) is 5.11 Å². The molecule has 3 rings (SSSR count). The molecule has 0 saturated carbocycles. The smallest absolute Gasteiger partial charge is 0.306 e. The first kappa shape index (κ1) is 16.6. The van der Waals surface area contributed by atoms with E-state index in [1.807, 2.05) is 0 Å². The van der Waals surface area contributed by atoms with Gasteiger partial charge in [-0.15, -0.1) is 0 Å². The number of hydrogen-bond donors (Lipinski definition) is 2. The number of H-pyrrole nitrogens is 1. The Hall–Kier alpha value is -3.23. The quantitative estimate of drug-likeness (QED) is 0.637. The highest BCUT2D eigenvalue weighted by atomic mass is 16.6. The van der Waals surface area contributed by atoms with Gasteiger partial charge >= 0.3 is 5.97 Å². The van der Waals surface area contributed by atoms with E-state index in [0.29, 0.717) is 23.7 Å². The Kier molecular flexibility index (Phi) is 4.22. The van der Waals surface area contributed by atoms with Crippen LogP contribution in [0.15, 0.2) is 29.1 Å². The first-order valence-electron chi connectivity index (χ1n) is 7.70. The van der Waals surface area contributed by atoms with Gasteiger partial charge in [-0.25, -0.2) is 0 Å². The molecule has 0 radical (unpaired) electrons. The summed E-state index contributed by atoms with van der Waals surface area (Å²) in [7, 11) is 0. The molecule has 0 spiro atoms. The van der Waals surface area contributed by atoms with Crippen LogP contribution in [0.2, 0.25) is 0 Å². The van der Waals surface area contributed by atoms with Gasteiger partial charge in [0.1, 0.15) is 0 Å². The van der Waals surface area contributed by atoms with Crippen molar-refractivity contribution in [3.8, 4) is 0 Å². The zero-order chi connectivity index (χ0) is 18.1. The lowest BCUT2D eigenvalue weighted by Gasteiger charge is -2.30. The minimum Gasteiger partial charge on any atom is -0.481 e. The van der Waals surface area contributed by atoms with Crippen LogP contribution in [0.1, 0.15) is 23.2 Å². The third-order valence-electron chi connectivity index (χ3n) is 4.40. The van der Waals surface area contributed by atoms with Gasteiger partial charge in [0, 0.05) is 42.2 Å². The van der Waals surface area contributed by atoms with E-state index in [-0.39, 0.29) is 24.3 Å². The maximum atomic E-state index is 12.8. The molecule has 1 aromatic carbocycles. The van der Waals surface area contributed by atoms with Crippen molar-refractivity contribution in [1.29, 1.82) is 0 Å². The number of amides is 1. The van der Waals surface area contributed by atoms with Crippen LogP contribution in [0.5, 0.6) is 0 Å². The number of benzene rings is 1. The van der Waals surface area contributed by atoms with Crippen LogP contribution in [-0.4, -0.2) is 44.9 Å². The van der Waals surface area contributed by atoms with Gasteiger partial charge in [-0.1, -0.05) is 0 Å². The number of pyridine rings is 1. The Labute approximate surface area is 141 Å². The lowest BCUT2D eigenvalue weighted by molar-refractivity contribution is -0.384. The molecule has 9 heteroatoms. The molecule has 2 aromatic rings. The van der Waals surface area contributed by atoms with Gasteiger partial charge in [-0.2, -0.15) is 0 Å². The number of aliphatic carboxylic acids is 1. The van der Waals surface area contributed by atoms with Gasteiger partial charge in [0.05, 0.1) is 16.4 Å². The molecule has 0 aliphatic carbocycles. The SMILES string of the molecule is O=C(O)C1CCN(C(=O)c2cc(=O)[nH]c3ccc([N+](=O)[O-])cc23)CC1. The molecule has 1 amide bonds. The van der Waals surface area contributed by atoms with Crippen molar-refractivity contribution < 1.29 is 19.6 Å². The third-order valence-corrected chi connectivity index (χ3v) is 4.40. The average Bonchev–Trinajstić information content (AvgIpc) is 2.60. The number of fused-ring (bicyclic) bond motifs is 1. The number of carbonyl (C=O) groups is 2. The molecule has 1 aliphatic heterocycles. The summed E-state index contributed by atoms with van der Waals surface area (Å²) in [4.78, 5) is 50.0. The number of rotatable bonds is 3. The van der Waals surface area contributed by atoms with Crippen molar-refractivity contribution >= 4 is 28.5 Å². The van der Waals surface area contributed by atoms with Crippen molar-refractivity contribution in [1.82, 2.24) is 9.88 Å². The van der Waals surface area contributed by atoms with Crippen LogP contribution in [0, 0.1) is 16.0 Å². The van der Waals surface area contributed by atoms with E-state index >= 15 is 0 Å². The topological polar surface area (TPSA) is 134 Å². The summed E-state index contributed by atoms with van der Waals surface area (Å²) in [5, 5.41) is 20.3. The predicted molar refractivity (Wildman–Crippen MR) is 87.5 cm³/mol. The standard InChI is InChI=1S/C16H15N3O6/c20-14-8-12(11-7-10(19(24)25)1-2-13(11)17-14)15(21)18-5-3-9(4-6-18)16(22)23/h1-2,7-9H,3-6H2,(H,17,20)(H,22,23). The summed E-state index contributed by atoms with van der Waals surface area (Å²) in [6.07, 6.45) is 0.671. The maximum Gasteiger partial charge on any atom is 0.306 e. The second-order valence-corrected chi connectivity index (χ2v) is 5.94. The number of nitro benzene ring substituents is 1. The predicted octanol–water partition coefficient (Wildman–Crippen LogP) is 1.37. The number of carboxylic acid groups (broad SMARTS) is 1. The van der Waals surface area contributed by atoms with E-state index in [2.05, 4.69) is 4.98 Å². The minimum absolute atomic E-state index is 0.0798. The number of nitrogens with zero attached hydrogens (tertiary/aromatic N) is 2. The van der Waals surface area contributed by atoms with Crippen molar-refractivity contribution in [3.63, 3.8) is 0 Å². The van der Waals surface area contributed by atoms with Crippen molar-refractivity contribution in [2.45, 2.75) is 12.8 Å². The fourth-order valence-corrected chi connectivity index (χ4v) is 3.03. The molecule has 1 aliphatic rings. The maximum absolute atomic E-state index is 12.8. The zero-order valence-electron chi connectivity index (χ0n) is 13.1. The van der Waals surface area contributed by atoms with Gasteiger partial charge in [0.2, 0.25) is 5.56 Å². The van der Waals surface area contributed by atoms with Crippen LogP contribution in [-0.2, 0) is 4.79 Å². The minimum atomic E-state index is -0.885. The number of hydrogen-bond acceptors (Lipinski definition) is 5. The number of carbonyl (C=O) groups excluding carboxylic acids is 1. The lowest BCUT2D eigenvalue weighted by Crippen LogP contribution is -2.40. The van der Waals surface area contributed by atoms with E-state index in [0.717, 1.165) is 6.07 Å². The highest BCUT2D eigenvalue weighted by molar-refractivity contribution is 6.06. The van der Waals surface area contributed by atoms with Crippen LogP contribution in [0.3, 0.4) is 0 Å². The summed E-state index contributed by atoms with van der Waals surface area (Å²) in [6, 6.07) is 5.02. The van der Waals surface area contributed by atoms with Crippen LogP contribution < -0.4 is 5.56 Å². The third kappa shape index (κ3) is 3.21. The number of piperidine rings is 1. The van der Waals surface area contributed by atoms with Crippen molar-refractivity contribution in [3.05, 3.63) is 50.3 Å². The number of carboxylic acids is 1. The van der Waals surface area contributed by atoms with Gasteiger partial charge in [-0.05, 0) is 18.9 Å². The summed E-state index contributed by atoms with van der Waals surface area (Å²) in [6.45, 7) is 0.526. The summed E-state index contributed by atoms with van der Waals surface area (Å²) < 4.78 is 0. The summed E-state index contributed by atoms with van der Waals surface area (Å²) in [5.41, 5.74) is -0.249. The van der Waals surface area contributed by atoms with E-state index in [1.54, 1.807) is 0 Å². The van der Waals surface area contributed by atoms with Gasteiger partial charge in [0.25, 0.3) is 11.6 Å². The number of aromatic amines is 1. The monoisotopic (exact) mass is 345 g/mol. The first-order chi connectivity index (χ1) is 11.9. The molecule has 130 valence electrons. The van der Waals surface area contributed by atoms with Crippen molar-refractivity contribution in [2.75, 3.05) is 13.1 Å². The molecule has 1 fully saturated rings. The van der Waals surface area contributed by atoms with Crippen molar-refractivity contribution in [2.24, 2.45) is 5.92 Å². The summed E-state index contributed by atoms with van der Waals surface area (Å²) >= 11 is 0. The average molecular weight is 345 g/mol. The Balaban J connectivity index is 1.98. The molecular weight excluding hydrogens is 330 g/mol. The summed E-state index contributed by atoms with van der Waals surface area (Å²) in [5.74, 6) is -1.80. The molecule has 0 atom stereocenters. The Bertz CT molecular complexity index is 927. The first-order valence-corrected chi connectivity index (χ1v) is 7.70. The van der Waals surface area contributed by atoms with E-state index in [9.17, 15) is 24.5 Å². The van der Waals surface area contributed by atoms with Crippen LogP contribution in [0.25, 0.3) is 10.9 Å². The van der Waals surface area contributed by atoms with Crippen LogP contribution in [0.4, 0.5) is 5.69 Å². The molecule has 2 N–H and O–H groups in total. The Morgan fingerprint density at radius 2 is 1.92 bits per heavy atom. The molecule has 1 saturated heterocycles. The second kappa shape index (κ2) is 6.34. The molecule has 2 heterocycles. The Morgan fingerprint density at radius 1 is 1.24 bits per heavy atom. The normalized spacial score (nSPS) is 15.3. The Morgan fingerprint density at radius 3 is 2.52 bits per heavy atom. The molecule has 1 aromatic heterocycles. The van der Waals surface area contributed by atoms with Gasteiger partial charge in [-0.3, -0.25) is 24.5 Å². The fourth-order valence-electron chi connectivity index (χ4n) is 3.03. The van der Waals surface area contributed by atoms with Gasteiger partial charge in [0.15, 0.2) is 0 Å². The molecular formula is C16H15N3O6. The fraction of sp³-hybridized carbons (Fsp3) is 0.312. The largest absolute Gasteiger partial charge is 0.481 e. The molecule has 0 unspecified atom stereocenters.